The molecule has 1 unspecified atom stereocenters. The molecule has 0 saturated carbocycles. The van der Waals surface area contributed by atoms with Gasteiger partial charge in [0.1, 0.15) is 6.04 Å². The zero-order valence-electron chi connectivity index (χ0n) is 10.6. The van der Waals surface area contributed by atoms with Crippen molar-refractivity contribution in [3.8, 4) is 0 Å². The average molecular weight is 247 g/mol. The number of hydrogen-bond donors (Lipinski definition) is 2. The molecular formula is C13H17N3O2. The number of amides is 2. The minimum absolute atomic E-state index is 0.124. The van der Waals surface area contributed by atoms with Crippen LogP contribution in [0.25, 0.3) is 0 Å². The number of rotatable bonds is 2. The number of aryl methyl sites for hydroxylation is 1. The minimum Gasteiger partial charge on any atom is -0.398 e. The van der Waals surface area contributed by atoms with E-state index in [-0.39, 0.29) is 17.9 Å². The monoisotopic (exact) mass is 247 g/mol. The van der Waals surface area contributed by atoms with Gasteiger partial charge in [0.15, 0.2) is 0 Å². The summed E-state index contributed by atoms with van der Waals surface area (Å²) in [4.78, 5) is 24.4. The molecule has 0 aliphatic carbocycles. The van der Waals surface area contributed by atoms with Crippen molar-refractivity contribution in [1.29, 1.82) is 0 Å². The molecule has 1 atom stereocenters. The lowest BCUT2D eigenvalue weighted by molar-refractivity contribution is -0.146. The number of benzene rings is 1. The number of carbonyl (C=O) groups excluding carboxylic acids is 2. The van der Waals surface area contributed by atoms with E-state index in [0.29, 0.717) is 18.5 Å². The standard InChI is InChI=1S/C13H17N3O2/c1-8-3-4-9(7-10(8)14)15-11-5-6-12(17)16(2)13(11)18/h3-4,7,11,15H,5-6,14H2,1-2H3. The summed E-state index contributed by atoms with van der Waals surface area (Å²) in [7, 11) is 1.52. The molecule has 1 saturated heterocycles. The molecule has 0 spiro atoms. The highest BCUT2D eigenvalue weighted by molar-refractivity contribution is 6.01. The summed E-state index contributed by atoms with van der Waals surface area (Å²) in [6.07, 6.45) is 0.914. The number of nitrogens with one attached hydrogen (secondary N) is 1. The molecule has 3 N–H and O–H groups in total. The van der Waals surface area contributed by atoms with E-state index in [1.54, 1.807) is 6.07 Å². The van der Waals surface area contributed by atoms with Gasteiger partial charge in [0, 0.05) is 24.8 Å². The van der Waals surface area contributed by atoms with Gasteiger partial charge in [-0.15, -0.1) is 0 Å². The fourth-order valence-corrected chi connectivity index (χ4v) is 1.98. The quantitative estimate of drug-likeness (QED) is 0.607. The third-order valence-electron chi connectivity index (χ3n) is 3.27. The minimum atomic E-state index is -0.352. The van der Waals surface area contributed by atoms with Crippen LogP contribution in [-0.2, 0) is 9.59 Å². The molecule has 1 aliphatic rings. The van der Waals surface area contributed by atoms with Crippen LogP contribution in [0.3, 0.4) is 0 Å². The highest BCUT2D eigenvalue weighted by atomic mass is 16.2. The zero-order chi connectivity index (χ0) is 13.3. The molecule has 0 radical (unpaired) electrons. The molecule has 5 heteroatoms. The van der Waals surface area contributed by atoms with Gasteiger partial charge >= 0.3 is 0 Å². The molecule has 18 heavy (non-hydrogen) atoms. The number of carbonyl (C=O) groups is 2. The predicted molar refractivity (Wildman–Crippen MR) is 70.0 cm³/mol. The number of anilines is 2. The Labute approximate surface area is 106 Å². The third kappa shape index (κ3) is 2.30. The number of hydrogen-bond acceptors (Lipinski definition) is 4. The van der Waals surface area contributed by atoms with Crippen LogP contribution >= 0.6 is 0 Å². The van der Waals surface area contributed by atoms with Crippen LogP contribution in [0.4, 0.5) is 11.4 Å². The summed E-state index contributed by atoms with van der Waals surface area (Å²) >= 11 is 0. The van der Waals surface area contributed by atoms with Crippen LogP contribution in [0.1, 0.15) is 18.4 Å². The molecule has 1 fully saturated rings. The van der Waals surface area contributed by atoms with Crippen molar-refractivity contribution in [1.82, 2.24) is 4.90 Å². The van der Waals surface area contributed by atoms with Crippen molar-refractivity contribution in [3.63, 3.8) is 0 Å². The predicted octanol–water partition coefficient (Wildman–Crippen LogP) is 1.14. The maximum Gasteiger partial charge on any atom is 0.251 e. The van der Waals surface area contributed by atoms with Crippen LogP contribution in [0.5, 0.6) is 0 Å². The number of piperidine rings is 1. The summed E-state index contributed by atoms with van der Waals surface area (Å²) in [5.74, 6) is -0.313. The molecule has 1 aromatic rings. The molecule has 1 aromatic carbocycles. The number of nitrogens with two attached hydrogens (primary N) is 1. The molecule has 0 bridgehead atoms. The number of likely N-dealkylation sites (tertiary alicyclic amines) is 1. The zero-order valence-corrected chi connectivity index (χ0v) is 10.6. The van der Waals surface area contributed by atoms with Gasteiger partial charge in [-0.1, -0.05) is 6.07 Å². The Hall–Kier alpha value is -2.04. The lowest BCUT2D eigenvalue weighted by atomic mass is 10.0. The number of imide groups is 1. The summed E-state index contributed by atoms with van der Waals surface area (Å²) < 4.78 is 0. The van der Waals surface area contributed by atoms with Crippen molar-refractivity contribution >= 4 is 23.2 Å². The van der Waals surface area contributed by atoms with Crippen molar-refractivity contribution < 1.29 is 9.59 Å². The van der Waals surface area contributed by atoms with Crippen LogP contribution in [-0.4, -0.2) is 29.8 Å². The van der Waals surface area contributed by atoms with Crippen LogP contribution in [0.15, 0.2) is 18.2 Å². The van der Waals surface area contributed by atoms with E-state index in [2.05, 4.69) is 5.32 Å². The first kappa shape index (κ1) is 12.4. The second-order valence-corrected chi connectivity index (χ2v) is 4.60. The summed E-state index contributed by atoms with van der Waals surface area (Å²) in [6.45, 7) is 1.93. The first-order valence-corrected chi connectivity index (χ1v) is 5.92. The maximum absolute atomic E-state index is 11.9. The van der Waals surface area contributed by atoms with Crippen molar-refractivity contribution in [2.24, 2.45) is 0 Å². The van der Waals surface area contributed by atoms with E-state index in [9.17, 15) is 9.59 Å². The number of likely N-dealkylation sites (N-methyl/N-ethyl adjacent to an activating group) is 1. The van der Waals surface area contributed by atoms with Crippen LogP contribution < -0.4 is 11.1 Å². The molecule has 2 amide bonds. The van der Waals surface area contributed by atoms with Gasteiger partial charge in [0.2, 0.25) is 5.91 Å². The number of nitrogens with zero attached hydrogens (tertiary/aromatic N) is 1. The second-order valence-electron chi connectivity index (χ2n) is 4.60. The Kier molecular flexibility index (Phi) is 3.23. The van der Waals surface area contributed by atoms with E-state index in [0.717, 1.165) is 11.3 Å². The molecule has 2 rings (SSSR count). The summed E-state index contributed by atoms with van der Waals surface area (Å²) in [5, 5.41) is 3.13. The molecule has 1 heterocycles. The van der Waals surface area contributed by atoms with Crippen LogP contribution in [0.2, 0.25) is 0 Å². The highest BCUT2D eigenvalue weighted by Crippen LogP contribution is 2.21. The first-order chi connectivity index (χ1) is 8.49. The topological polar surface area (TPSA) is 75.4 Å². The Bertz CT molecular complexity index is 499. The van der Waals surface area contributed by atoms with Gasteiger partial charge in [0.05, 0.1) is 0 Å². The normalized spacial score (nSPS) is 20.1. The Morgan fingerprint density at radius 1 is 1.39 bits per heavy atom. The average Bonchev–Trinajstić information content (AvgIpc) is 2.34. The van der Waals surface area contributed by atoms with Gasteiger partial charge < -0.3 is 11.1 Å². The summed E-state index contributed by atoms with van der Waals surface area (Å²) in [5.41, 5.74) is 8.32. The van der Waals surface area contributed by atoms with Gasteiger partial charge in [-0.25, -0.2) is 0 Å². The fraction of sp³-hybridized carbons (Fsp3) is 0.385. The Balaban J connectivity index is 2.11. The van der Waals surface area contributed by atoms with E-state index in [1.165, 1.54) is 11.9 Å². The molecule has 0 aromatic heterocycles. The lowest BCUT2D eigenvalue weighted by Gasteiger charge is -2.28. The van der Waals surface area contributed by atoms with E-state index in [4.69, 9.17) is 5.73 Å². The maximum atomic E-state index is 11.9. The van der Waals surface area contributed by atoms with Gasteiger partial charge in [0.25, 0.3) is 5.91 Å². The van der Waals surface area contributed by atoms with Crippen molar-refractivity contribution in [2.45, 2.75) is 25.8 Å². The summed E-state index contributed by atoms with van der Waals surface area (Å²) in [6, 6.07) is 5.24. The van der Waals surface area contributed by atoms with E-state index >= 15 is 0 Å². The van der Waals surface area contributed by atoms with Gasteiger partial charge in [-0.2, -0.15) is 0 Å². The molecular weight excluding hydrogens is 230 g/mol. The van der Waals surface area contributed by atoms with Crippen molar-refractivity contribution in [3.05, 3.63) is 23.8 Å². The largest absolute Gasteiger partial charge is 0.398 e. The Morgan fingerprint density at radius 2 is 2.11 bits per heavy atom. The first-order valence-electron chi connectivity index (χ1n) is 5.92. The smallest absolute Gasteiger partial charge is 0.251 e. The van der Waals surface area contributed by atoms with E-state index in [1.807, 2.05) is 19.1 Å². The Morgan fingerprint density at radius 3 is 2.78 bits per heavy atom. The van der Waals surface area contributed by atoms with Gasteiger partial charge in [-0.3, -0.25) is 14.5 Å². The van der Waals surface area contributed by atoms with E-state index < -0.39 is 0 Å². The SMILES string of the molecule is Cc1ccc(NC2CCC(=O)N(C)C2=O)cc1N. The molecule has 5 nitrogen and oxygen atoms in total. The molecule has 1 aliphatic heterocycles. The fourth-order valence-electron chi connectivity index (χ4n) is 1.98. The highest BCUT2D eigenvalue weighted by Gasteiger charge is 2.31. The van der Waals surface area contributed by atoms with Crippen molar-refractivity contribution in [2.75, 3.05) is 18.1 Å². The van der Waals surface area contributed by atoms with Crippen LogP contribution in [0, 0.1) is 6.92 Å². The lowest BCUT2D eigenvalue weighted by Crippen LogP contribution is -2.48. The van der Waals surface area contributed by atoms with Gasteiger partial charge in [-0.05, 0) is 31.0 Å². The third-order valence-corrected chi connectivity index (χ3v) is 3.27. The molecule has 96 valence electrons. The second kappa shape index (κ2) is 4.68. The number of nitrogen functional groups attached to an aromatic ring is 1.